The predicted molar refractivity (Wildman–Crippen MR) is 88.0 cm³/mol. The van der Waals surface area contributed by atoms with Gasteiger partial charge in [0, 0.05) is 19.3 Å². The van der Waals surface area contributed by atoms with Gasteiger partial charge in [0.1, 0.15) is 0 Å². The molecule has 2 heterocycles. The van der Waals surface area contributed by atoms with Crippen molar-refractivity contribution in [2.45, 2.75) is 39.7 Å². The van der Waals surface area contributed by atoms with E-state index in [-0.39, 0.29) is 24.1 Å². The molecular formula is C16H25N5O2. The zero-order valence-corrected chi connectivity index (χ0v) is 13.9. The zero-order valence-electron chi connectivity index (χ0n) is 13.9. The van der Waals surface area contributed by atoms with E-state index in [0.717, 1.165) is 18.5 Å². The second-order valence-corrected chi connectivity index (χ2v) is 6.53. The standard InChI is InChI=1S/C16H25N5O2/c1-12(14-20-19-13-7-4-5-10-21(13)14)18-15(23)17-9-6-8-16(2,3)11-22/h4-5,7,10,12,22H,6,8-9,11H2,1-3H3,(H2,17,18,23). The van der Waals surface area contributed by atoms with E-state index < -0.39 is 0 Å². The molecule has 2 aromatic heterocycles. The third-order valence-electron chi connectivity index (χ3n) is 3.82. The zero-order chi connectivity index (χ0) is 16.9. The molecule has 0 saturated carbocycles. The molecule has 1 unspecified atom stereocenters. The molecule has 2 rings (SSSR count). The van der Waals surface area contributed by atoms with Crippen molar-refractivity contribution >= 4 is 11.7 Å². The number of nitrogens with zero attached hydrogens (tertiary/aromatic N) is 3. The highest BCUT2D eigenvalue weighted by molar-refractivity contribution is 5.74. The number of rotatable bonds is 7. The van der Waals surface area contributed by atoms with Crippen molar-refractivity contribution in [3.63, 3.8) is 0 Å². The lowest BCUT2D eigenvalue weighted by molar-refractivity contribution is 0.148. The number of urea groups is 1. The summed E-state index contributed by atoms with van der Waals surface area (Å²) >= 11 is 0. The molecule has 0 aliphatic rings. The first-order valence-electron chi connectivity index (χ1n) is 7.88. The highest BCUT2D eigenvalue weighted by atomic mass is 16.3. The van der Waals surface area contributed by atoms with Crippen LogP contribution in [0.4, 0.5) is 4.79 Å². The fraction of sp³-hybridized carbons (Fsp3) is 0.562. The van der Waals surface area contributed by atoms with Crippen LogP contribution in [-0.2, 0) is 0 Å². The topological polar surface area (TPSA) is 91.5 Å². The Kier molecular flexibility index (Phi) is 5.54. The van der Waals surface area contributed by atoms with Crippen LogP contribution in [0.15, 0.2) is 24.4 Å². The molecule has 23 heavy (non-hydrogen) atoms. The van der Waals surface area contributed by atoms with Crippen molar-refractivity contribution in [2.24, 2.45) is 5.41 Å². The minimum absolute atomic E-state index is 0.105. The van der Waals surface area contributed by atoms with Crippen molar-refractivity contribution in [3.05, 3.63) is 30.2 Å². The average Bonchev–Trinajstić information content (AvgIpc) is 2.96. The molecule has 2 amide bonds. The Labute approximate surface area is 136 Å². The fourth-order valence-corrected chi connectivity index (χ4v) is 2.32. The summed E-state index contributed by atoms with van der Waals surface area (Å²) in [6, 6.07) is 5.18. The Morgan fingerprint density at radius 1 is 1.39 bits per heavy atom. The normalized spacial score (nSPS) is 13.0. The highest BCUT2D eigenvalue weighted by Crippen LogP contribution is 2.20. The SMILES string of the molecule is CC(NC(=O)NCCCC(C)(C)CO)c1nnc2ccccn12. The van der Waals surface area contributed by atoms with Gasteiger partial charge in [0.2, 0.25) is 0 Å². The van der Waals surface area contributed by atoms with Gasteiger partial charge in [0.25, 0.3) is 0 Å². The van der Waals surface area contributed by atoms with Gasteiger partial charge in [-0.15, -0.1) is 10.2 Å². The molecule has 0 aliphatic heterocycles. The minimum Gasteiger partial charge on any atom is -0.396 e. The lowest BCUT2D eigenvalue weighted by Crippen LogP contribution is -2.38. The summed E-state index contributed by atoms with van der Waals surface area (Å²) in [7, 11) is 0. The van der Waals surface area contributed by atoms with Crippen LogP contribution in [0.5, 0.6) is 0 Å². The smallest absolute Gasteiger partial charge is 0.315 e. The first kappa shape index (κ1) is 17.2. The number of aromatic nitrogens is 3. The number of carbonyl (C=O) groups is 1. The van der Waals surface area contributed by atoms with Crippen LogP contribution in [0.3, 0.4) is 0 Å². The monoisotopic (exact) mass is 319 g/mol. The lowest BCUT2D eigenvalue weighted by atomic mass is 9.89. The number of fused-ring (bicyclic) bond motifs is 1. The lowest BCUT2D eigenvalue weighted by Gasteiger charge is -2.21. The van der Waals surface area contributed by atoms with Gasteiger partial charge in [0.15, 0.2) is 11.5 Å². The summed E-state index contributed by atoms with van der Waals surface area (Å²) in [4.78, 5) is 11.9. The van der Waals surface area contributed by atoms with Crippen LogP contribution < -0.4 is 10.6 Å². The molecule has 0 aromatic carbocycles. The average molecular weight is 319 g/mol. The second-order valence-electron chi connectivity index (χ2n) is 6.53. The number of pyridine rings is 1. The predicted octanol–water partition coefficient (Wildman–Crippen LogP) is 1.89. The fourth-order valence-electron chi connectivity index (χ4n) is 2.32. The molecule has 0 radical (unpaired) electrons. The van der Waals surface area contributed by atoms with Gasteiger partial charge in [-0.3, -0.25) is 4.40 Å². The van der Waals surface area contributed by atoms with Crippen molar-refractivity contribution in [1.82, 2.24) is 25.2 Å². The van der Waals surface area contributed by atoms with Crippen LogP contribution >= 0.6 is 0 Å². The van der Waals surface area contributed by atoms with Crippen molar-refractivity contribution in [1.29, 1.82) is 0 Å². The number of carbonyl (C=O) groups excluding carboxylic acids is 1. The third-order valence-corrected chi connectivity index (χ3v) is 3.82. The summed E-state index contributed by atoms with van der Waals surface area (Å²) < 4.78 is 1.86. The minimum atomic E-state index is -0.249. The van der Waals surface area contributed by atoms with Crippen LogP contribution in [0, 0.1) is 5.41 Å². The summed E-state index contributed by atoms with van der Waals surface area (Å²) in [5.41, 5.74) is 0.647. The number of nitrogens with one attached hydrogen (secondary N) is 2. The molecule has 0 spiro atoms. The van der Waals surface area contributed by atoms with E-state index in [1.54, 1.807) is 0 Å². The van der Waals surface area contributed by atoms with Crippen LogP contribution in [0.1, 0.15) is 45.5 Å². The Bertz CT molecular complexity index is 653. The quantitative estimate of drug-likeness (QED) is 0.680. The van der Waals surface area contributed by atoms with Gasteiger partial charge >= 0.3 is 6.03 Å². The van der Waals surface area contributed by atoms with Crippen LogP contribution in [-0.4, -0.2) is 38.9 Å². The molecule has 2 aromatic rings. The van der Waals surface area contributed by atoms with E-state index >= 15 is 0 Å². The van der Waals surface area contributed by atoms with Gasteiger partial charge < -0.3 is 15.7 Å². The third kappa shape index (κ3) is 4.66. The summed E-state index contributed by atoms with van der Waals surface area (Å²) in [6.45, 7) is 6.60. The van der Waals surface area contributed by atoms with Gasteiger partial charge in [-0.2, -0.15) is 0 Å². The summed E-state index contributed by atoms with van der Waals surface area (Å²) in [5, 5.41) is 23.1. The Hall–Kier alpha value is -2.15. The van der Waals surface area contributed by atoms with Gasteiger partial charge in [-0.1, -0.05) is 19.9 Å². The number of amides is 2. The van der Waals surface area contributed by atoms with Gasteiger partial charge in [-0.05, 0) is 37.3 Å². The maximum atomic E-state index is 11.9. The van der Waals surface area contributed by atoms with Crippen molar-refractivity contribution in [3.8, 4) is 0 Å². The molecule has 126 valence electrons. The van der Waals surface area contributed by atoms with Gasteiger partial charge in [0.05, 0.1) is 6.04 Å². The van der Waals surface area contributed by atoms with E-state index in [9.17, 15) is 9.90 Å². The van der Waals surface area contributed by atoms with Crippen LogP contribution in [0.2, 0.25) is 0 Å². The first-order valence-corrected chi connectivity index (χ1v) is 7.88. The van der Waals surface area contributed by atoms with Crippen molar-refractivity contribution < 1.29 is 9.90 Å². The molecule has 0 saturated heterocycles. The van der Waals surface area contributed by atoms with E-state index in [0.29, 0.717) is 12.4 Å². The Morgan fingerprint density at radius 3 is 2.91 bits per heavy atom. The largest absolute Gasteiger partial charge is 0.396 e. The summed E-state index contributed by atoms with van der Waals surface area (Å²) in [6.07, 6.45) is 3.55. The van der Waals surface area contributed by atoms with E-state index in [4.69, 9.17) is 0 Å². The van der Waals surface area contributed by atoms with Crippen LogP contribution in [0.25, 0.3) is 5.65 Å². The molecule has 0 fully saturated rings. The highest BCUT2D eigenvalue weighted by Gasteiger charge is 2.17. The second kappa shape index (κ2) is 7.41. The van der Waals surface area contributed by atoms with E-state index in [1.807, 2.05) is 49.6 Å². The number of hydrogen-bond acceptors (Lipinski definition) is 4. The maximum absolute atomic E-state index is 11.9. The Morgan fingerprint density at radius 2 is 2.17 bits per heavy atom. The van der Waals surface area contributed by atoms with Gasteiger partial charge in [-0.25, -0.2) is 4.79 Å². The van der Waals surface area contributed by atoms with E-state index in [2.05, 4.69) is 20.8 Å². The molecular weight excluding hydrogens is 294 g/mol. The molecule has 1 atom stereocenters. The number of aliphatic hydroxyl groups is 1. The molecule has 7 heteroatoms. The number of aliphatic hydroxyl groups excluding tert-OH is 1. The Balaban J connectivity index is 1.81. The number of hydrogen-bond donors (Lipinski definition) is 3. The van der Waals surface area contributed by atoms with E-state index in [1.165, 1.54) is 0 Å². The molecule has 3 N–H and O–H groups in total. The maximum Gasteiger partial charge on any atom is 0.315 e. The molecule has 0 aliphatic carbocycles. The summed E-state index contributed by atoms with van der Waals surface area (Å²) in [5.74, 6) is 0.692. The first-order chi connectivity index (χ1) is 10.9. The molecule has 7 nitrogen and oxygen atoms in total. The molecule has 0 bridgehead atoms. The van der Waals surface area contributed by atoms with Crippen molar-refractivity contribution in [2.75, 3.05) is 13.2 Å².